The van der Waals surface area contributed by atoms with Crippen molar-refractivity contribution in [1.82, 2.24) is 0 Å². The molecule has 0 atom stereocenters. The van der Waals surface area contributed by atoms with Gasteiger partial charge in [-0.2, -0.15) is 12.1 Å². The molecule has 0 heterocycles. The van der Waals surface area contributed by atoms with Crippen LogP contribution in [0.25, 0.3) is 43.8 Å². The molecule has 2 saturated carbocycles. The van der Waals surface area contributed by atoms with E-state index in [2.05, 4.69) is 142 Å². The molecule has 50 heavy (non-hydrogen) atoms. The number of hydrogen-bond donors (Lipinski definition) is 0. The van der Waals surface area contributed by atoms with Crippen molar-refractivity contribution in [3.63, 3.8) is 0 Å². The van der Waals surface area contributed by atoms with Gasteiger partial charge in [0.2, 0.25) is 0 Å². The summed E-state index contributed by atoms with van der Waals surface area (Å²) in [5.74, 6) is 0. The first-order chi connectivity index (χ1) is 22.6. The Bertz CT molecular complexity index is 1710. The molecule has 264 valence electrons. The zero-order valence-corrected chi connectivity index (χ0v) is 35.5. The second kappa shape index (κ2) is 20.1. The van der Waals surface area contributed by atoms with Crippen LogP contribution in [-0.2, 0) is 36.2 Å². The zero-order chi connectivity index (χ0) is 32.0. The molecule has 8 rings (SSSR count). The van der Waals surface area contributed by atoms with Crippen molar-refractivity contribution < 1.29 is 23.3 Å². The van der Waals surface area contributed by atoms with Crippen LogP contribution < -0.4 is 0 Å². The Kier molecular flexibility index (Phi) is 17.7. The number of benzene rings is 4. The van der Waals surface area contributed by atoms with Gasteiger partial charge in [0.1, 0.15) is 0 Å². The second-order valence-electron chi connectivity index (χ2n) is 13.8. The average Bonchev–Trinajstić information content (AvgIpc) is 3.69. The van der Waals surface area contributed by atoms with Gasteiger partial charge in [-0.05, 0) is 60.5 Å². The summed E-state index contributed by atoms with van der Waals surface area (Å²) >= 11 is 1.36. The summed E-state index contributed by atoms with van der Waals surface area (Å²) < 4.78 is 0. The summed E-state index contributed by atoms with van der Waals surface area (Å²) in [7, 11) is 0. The average molecular weight is 797 g/mol. The van der Waals surface area contributed by atoms with Gasteiger partial charge in [-0.1, -0.05) is 123 Å². The molecule has 0 nitrogen and oxygen atoms in total. The van der Waals surface area contributed by atoms with Crippen molar-refractivity contribution in [2.24, 2.45) is 10.8 Å². The maximum absolute atomic E-state index is 3.06. The van der Waals surface area contributed by atoms with Crippen molar-refractivity contribution in [3.8, 4) is 22.3 Å². The molecule has 2 fully saturated rings. The first-order valence-corrected chi connectivity index (χ1v) is 21.5. The fourth-order valence-corrected chi connectivity index (χ4v) is 8.07. The molecule has 2 radical (unpaired) electrons. The molecule has 4 heteroatoms. The predicted octanol–water partition coefficient (Wildman–Crippen LogP) is 14.1. The van der Waals surface area contributed by atoms with E-state index in [0.717, 1.165) is 0 Å². The molecule has 2 aliphatic carbocycles. The Balaban J connectivity index is 0.000000307. The van der Waals surface area contributed by atoms with Crippen LogP contribution in [0.2, 0.25) is 0 Å². The van der Waals surface area contributed by atoms with Crippen LogP contribution in [0.15, 0.2) is 121 Å². The van der Waals surface area contributed by atoms with E-state index in [1.165, 1.54) is 142 Å². The Morgan fingerprint density at radius 1 is 0.540 bits per heavy atom. The Morgan fingerprint density at radius 2 is 0.900 bits per heavy atom. The minimum absolute atomic E-state index is 0. The molecule has 0 unspecified atom stereocenters. The van der Waals surface area contributed by atoms with Crippen LogP contribution >= 0.6 is 24.8 Å². The van der Waals surface area contributed by atoms with Crippen LogP contribution in [0, 0.1) is 25.7 Å². The maximum atomic E-state index is 3.06. The Morgan fingerprint density at radius 3 is 1.20 bits per heavy atom. The first-order valence-electron chi connectivity index (χ1n) is 17.3. The van der Waals surface area contributed by atoms with Gasteiger partial charge >= 0.3 is 30.2 Å². The van der Waals surface area contributed by atoms with E-state index in [1.54, 1.807) is 0 Å². The molecule has 0 aromatic heterocycles. The minimum atomic E-state index is 0. The van der Waals surface area contributed by atoms with Crippen LogP contribution in [-0.4, -0.2) is 6.88 Å². The van der Waals surface area contributed by atoms with E-state index in [9.17, 15) is 0 Å². The van der Waals surface area contributed by atoms with E-state index in [1.807, 2.05) is 0 Å². The normalized spacial score (nSPS) is 14.7. The van der Waals surface area contributed by atoms with Crippen LogP contribution in [0.5, 0.6) is 0 Å². The molecule has 0 N–H and O–H groups in total. The van der Waals surface area contributed by atoms with Crippen LogP contribution in [0.1, 0.15) is 76.3 Å². The van der Waals surface area contributed by atoms with E-state index >= 15 is 0 Å². The fraction of sp³-hybridized carbons (Fsp3) is 0.304. The summed E-state index contributed by atoms with van der Waals surface area (Å²) in [6.45, 7) is 7.78. The molecule has 6 aromatic rings. The number of hydrogen-bond acceptors (Lipinski definition) is 0. The van der Waals surface area contributed by atoms with E-state index < -0.39 is 0 Å². The van der Waals surface area contributed by atoms with Gasteiger partial charge < -0.3 is 14.9 Å². The standard InChI is InChI=1S/2C22H23.2CH3.2ClH.Si.Zr/c2*1-2-22(12-7-13-22)16-17-14-19-10-6-11-20(21(19)15-17)18-8-4-3-5-9-18;;;;;;/h2*3-6,8-11,14-15H,2,7,12-13,16H2,1H3;2*1H3;2*1H;;/q4*-1;;;;. The van der Waals surface area contributed by atoms with Gasteiger partial charge in [-0.3, -0.25) is 0 Å². The monoisotopic (exact) mass is 794 g/mol. The molecule has 0 spiro atoms. The summed E-state index contributed by atoms with van der Waals surface area (Å²) in [5.41, 5.74) is 9.61. The third-order valence-corrected chi connectivity index (χ3v) is 11.3. The molecule has 0 aliphatic heterocycles. The second-order valence-corrected chi connectivity index (χ2v) is 13.8. The van der Waals surface area contributed by atoms with E-state index in [4.69, 9.17) is 0 Å². The summed E-state index contributed by atoms with van der Waals surface area (Å²) in [6.07, 6.45) is 13.6. The summed E-state index contributed by atoms with van der Waals surface area (Å²) in [6, 6.07) is 44.6. The quantitative estimate of drug-likeness (QED) is 0.106. The molecule has 0 saturated heterocycles. The van der Waals surface area contributed by atoms with E-state index in [0.29, 0.717) is 10.8 Å². The topological polar surface area (TPSA) is 0 Å². The molecule has 0 amide bonds. The van der Waals surface area contributed by atoms with Gasteiger partial charge in [0.05, 0.1) is 0 Å². The molecule has 2 aliphatic rings. The predicted molar refractivity (Wildman–Crippen MR) is 224 cm³/mol. The van der Waals surface area contributed by atoms with E-state index in [-0.39, 0.29) is 39.7 Å². The zero-order valence-electron chi connectivity index (χ0n) is 30.4. The van der Waals surface area contributed by atoms with Crippen molar-refractivity contribution in [2.45, 2.75) is 78.1 Å². The van der Waals surface area contributed by atoms with Gasteiger partial charge in [0.15, 0.2) is 0 Å². The first kappa shape index (κ1) is 43.9. The number of fused-ring (bicyclic) bond motifs is 2. The number of halogens is 2. The van der Waals surface area contributed by atoms with Crippen molar-refractivity contribution in [1.29, 1.82) is 0 Å². The Labute approximate surface area is 332 Å². The van der Waals surface area contributed by atoms with Crippen LogP contribution in [0.3, 0.4) is 0 Å². The van der Waals surface area contributed by atoms with Gasteiger partial charge in [0, 0.05) is 0 Å². The van der Waals surface area contributed by atoms with Gasteiger partial charge in [-0.15, -0.1) is 93.9 Å². The van der Waals surface area contributed by atoms with Gasteiger partial charge in [0.25, 0.3) is 0 Å². The fourth-order valence-electron chi connectivity index (χ4n) is 8.07. The molecule has 6 aromatic carbocycles. The Hall–Kier alpha value is -2.22. The summed E-state index contributed by atoms with van der Waals surface area (Å²) in [4.78, 5) is 0. The summed E-state index contributed by atoms with van der Waals surface area (Å²) in [5, 5.41) is 5.60. The number of rotatable bonds is 8. The third-order valence-electron chi connectivity index (χ3n) is 11.3. The van der Waals surface area contributed by atoms with Crippen molar-refractivity contribution in [2.75, 3.05) is 0 Å². The third kappa shape index (κ3) is 9.60. The van der Waals surface area contributed by atoms with Crippen molar-refractivity contribution >= 4 is 53.2 Å². The molecular formula is C46H54Cl2SiZr-4. The molecule has 0 bridgehead atoms. The van der Waals surface area contributed by atoms with Crippen molar-refractivity contribution in [3.05, 3.63) is 147 Å². The molecular weight excluding hydrogens is 743 g/mol. The van der Waals surface area contributed by atoms with Gasteiger partial charge in [-0.25, -0.2) is 0 Å². The SMILES string of the molecule is CCC1(Cc2cc3c(-c4ccccc4)cccc3[cH-]2)CCC1.CCC1(Cc2cc3c(-c4ccccc4)cccc3[cH-]2)CCC1.Cl.Cl.[CH3-].[CH3-].[Si]=[Zr]. The van der Waals surface area contributed by atoms with Crippen LogP contribution in [0.4, 0.5) is 0 Å².